The van der Waals surface area contributed by atoms with Crippen LogP contribution in [0.15, 0.2) is 12.2 Å². The molecule has 5 heteroatoms. The van der Waals surface area contributed by atoms with Crippen molar-refractivity contribution in [2.24, 2.45) is 5.92 Å². The number of carbonyl (C=O) groups is 2. The largest absolute Gasteiger partial charge is 0.456 e. The lowest BCUT2D eigenvalue weighted by molar-refractivity contribution is -0.169. The van der Waals surface area contributed by atoms with Gasteiger partial charge in [0.15, 0.2) is 5.78 Å². The van der Waals surface area contributed by atoms with Crippen LogP contribution in [0.5, 0.6) is 0 Å². The molecule has 1 N–H and O–H groups in total. The van der Waals surface area contributed by atoms with Crippen molar-refractivity contribution >= 4 is 11.8 Å². The molecule has 0 bridgehead atoms. The van der Waals surface area contributed by atoms with Gasteiger partial charge in [0.2, 0.25) is 0 Å². The van der Waals surface area contributed by atoms with E-state index in [1.165, 1.54) is 0 Å². The number of ketones is 1. The third kappa shape index (κ3) is 3.67. The van der Waals surface area contributed by atoms with Gasteiger partial charge in [-0.2, -0.15) is 0 Å². The minimum Gasteiger partial charge on any atom is -0.456 e. The highest BCUT2D eigenvalue weighted by Crippen LogP contribution is 2.39. The van der Waals surface area contributed by atoms with Gasteiger partial charge in [0.1, 0.15) is 12.2 Å². The molecule has 1 saturated carbocycles. The number of ether oxygens (including phenoxy) is 2. The third-order valence-electron chi connectivity index (χ3n) is 4.10. The number of methoxy groups -OCH3 is 1. The van der Waals surface area contributed by atoms with Gasteiger partial charge in [-0.25, -0.2) is 4.79 Å². The standard InChI is InChI=1S/C15H24O5/c1-5-15(20-14(18)10(2)3)7-6-13(19-4)11(8-15)12(17)9-16/h11,13,16H,2,5-9H2,1,3-4H3. The summed E-state index contributed by atoms with van der Waals surface area (Å²) in [6.45, 7) is 6.60. The predicted molar refractivity (Wildman–Crippen MR) is 74.2 cm³/mol. The lowest BCUT2D eigenvalue weighted by atomic mass is 9.73. The van der Waals surface area contributed by atoms with E-state index in [9.17, 15) is 9.59 Å². The normalized spacial score (nSPS) is 29.8. The van der Waals surface area contributed by atoms with Crippen LogP contribution in [0.25, 0.3) is 0 Å². The molecular weight excluding hydrogens is 260 g/mol. The summed E-state index contributed by atoms with van der Waals surface area (Å²) >= 11 is 0. The summed E-state index contributed by atoms with van der Waals surface area (Å²) in [4.78, 5) is 23.7. The minimum atomic E-state index is -0.666. The van der Waals surface area contributed by atoms with Gasteiger partial charge in [-0.05, 0) is 32.6 Å². The zero-order valence-electron chi connectivity index (χ0n) is 12.5. The second-order valence-corrected chi connectivity index (χ2v) is 5.45. The van der Waals surface area contributed by atoms with E-state index in [1.54, 1.807) is 14.0 Å². The summed E-state index contributed by atoms with van der Waals surface area (Å²) in [7, 11) is 1.56. The van der Waals surface area contributed by atoms with Gasteiger partial charge in [0.05, 0.1) is 12.0 Å². The van der Waals surface area contributed by atoms with Gasteiger partial charge in [-0.3, -0.25) is 4.79 Å². The Kier molecular flexibility index (Phi) is 5.89. The molecule has 1 aliphatic carbocycles. The Labute approximate surface area is 119 Å². The molecule has 0 aromatic heterocycles. The van der Waals surface area contributed by atoms with Crippen LogP contribution >= 0.6 is 0 Å². The van der Waals surface area contributed by atoms with E-state index >= 15 is 0 Å². The Morgan fingerprint density at radius 2 is 2.10 bits per heavy atom. The van der Waals surface area contributed by atoms with Gasteiger partial charge in [-0.1, -0.05) is 13.5 Å². The molecule has 0 radical (unpaired) electrons. The molecule has 0 aliphatic heterocycles. The number of aliphatic hydroxyl groups is 1. The highest BCUT2D eigenvalue weighted by Gasteiger charge is 2.45. The van der Waals surface area contributed by atoms with Gasteiger partial charge in [0, 0.05) is 12.7 Å². The van der Waals surface area contributed by atoms with E-state index in [2.05, 4.69) is 6.58 Å². The Morgan fingerprint density at radius 1 is 1.45 bits per heavy atom. The fourth-order valence-corrected chi connectivity index (χ4v) is 2.73. The van der Waals surface area contributed by atoms with Gasteiger partial charge < -0.3 is 14.6 Å². The number of hydrogen-bond donors (Lipinski definition) is 1. The van der Waals surface area contributed by atoms with Crippen molar-refractivity contribution in [1.29, 1.82) is 0 Å². The van der Waals surface area contributed by atoms with Crippen molar-refractivity contribution in [1.82, 2.24) is 0 Å². The molecule has 0 aromatic rings. The Morgan fingerprint density at radius 3 is 2.55 bits per heavy atom. The van der Waals surface area contributed by atoms with Crippen LogP contribution in [-0.4, -0.2) is 42.3 Å². The second kappa shape index (κ2) is 6.99. The lowest BCUT2D eigenvalue weighted by Gasteiger charge is -2.42. The van der Waals surface area contributed by atoms with Crippen LogP contribution in [0.3, 0.4) is 0 Å². The molecule has 114 valence electrons. The average Bonchev–Trinajstić information content (AvgIpc) is 2.46. The molecular formula is C15H24O5. The van der Waals surface area contributed by atoms with Gasteiger partial charge in [-0.15, -0.1) is 0 Å². The molecule has 3 atom stereocenters. The highest BCUT2D eigenvalue weighted by molar-refractivity contribution is 5.87. The van der Waals surface area contributed by atoms with Crippen LogP contribution in [0, 0.1) is 5.92 Å². The summed E-state index contributed by atoms with van der Waals surface area (Å²) in [6.07, 6.45) is 2.07. The molecule has 0 heterocycles. The second-order valence-electron chi connectivity index (χ2n) is 5.45. The molecule has 0 saturated heterocycles. The first kappa shape index (κ1) is 16.9. The Bertz CT molecular complexity index is 390. The van der Waals surface area contributed by atoms with Crippen molar-refractivity contribution in [3.8, 4) is 0 Å². The maximum atomic E-state index is 11.9. The first-order valence-corrected chi connectivity index (χ1v) is 6.94. The third-order valence-corrected chi connectivity index (χ3v) is 4.10. The SMILES string of the molecule is C=C(C)C(=O)OC1(CC)CCC(OC)C(C(=O)CO)C1. The fourth-order valence-electron chi connectivity index (χ4n) is 2.73. The lowest BCUT2D eigenvalue weighted by Crippen LogP contribution is -2.48. The van der Waals surface area contributed by atoms with Crippen molar-refractivity contribution in [2.75, 3.05) is 13.7 Å². The molecule has 0 aromatic carbocycles. The van der Waals surface area contributed by atoms with E-state index in [0.29, 0.717) is 31.3 Å². The molecule has 0 amide bonds. The predicted octanol–water partition coefficient (Wildman–Crippen LogP) is 1.63. The Balaban J connectivity index is 2.91. The molecule has 3 unspecified atom stereocenters. The minimum absolute atomic E-state index is 0.224. The van der Waals surface area contributed by atoms with Crippen molar-refractivity contribution in [2.45, 2.75) is 51.2 Å². The smallest absolute Gasteiger partial charge is 0.333 e. The number of Topliss-reactive ketones (excluding diaryl/α,β-unsaturated/α-hetero) is 1. The average molecular weight is 284 g/mol. The van der Waals surface area contributed by atoms with Crippen molar-refractivity contribution < 1.29 is 24.2 Å². The fraction of sp³-hybridized carbons (Fsp3) is 0.733. The number of hydrogen-bond acceptors (Lipinski definition) is 5. The number of esters is 1. The summed E-state index contributed by atoms with van der Waals surface area (Å²) in [5, 5.41) is 9.09. The van der Waals surface area contributed by atoms with E-state index in [1.807, 2.05) is 6.92 Å². The highest BCUT2D eigenvalue weighted by atomic mass is 16.6. The Hall–Kier alpha value is -1.20. The molecule has 5 nitrogen and oxygen atoms in total. The maximum absolute atomic E-state index is 11.9. The summed E-state index contributed by atoms with van der Waals surface area (Å²) in [6, 6.07) is 0. The number of rotatable bonds is 6. The van der Waals surface area contributed by atoms with Crippen LogP contribution in [0.4, 0.5) is 0 Å². The molecule has 1 fully saturated rings. The van der Waals surface area contributed by atoms with E-state index in [-0.39, 0.29) is 11.9 Å². The number of aliphatic hydroxyl groups excluding tert-OH is 1. The first-order chi connectivity index (χ1) is 9.39. The zero-order valence-corrected chi connectivity index (χ0v) is 12.5. The van der Waals surface area contributed by atoms with E-state index < -0.39 is 24.1 Å². The van der Waals surface area contributed by atoms with E-state index in [4.69, 9.17) is 14.6 Å². The van der Waals surface area contributed by atoms with Crippen LogP contribution in [0.1, 0.15) is 39.5 Å². The monoisotopic (exact) mass is 284 g/mol. The molecule has 20 heavy (non-hydrogen) atoms. The summed E-state index contributed by atoms with van der Waals surface area (Å²) in [5.41, 5.74) is -0.322. The van der Waals surface area contributed by atoms with Gasteiger partial charge in [0.25, 0.3) is 0 Å². The van der Waals surface area contributed by atoms with Crippen molar-refractivity contribution in [3.05, 3.63) is 12.2 Å². The van der Waals surface area contributed by atoms with Crippen molar-refractivity contribution in [3.63, 3.8) is 0 Å². The van der Waals surface area contributed by atoms with Gasteiger partial charge >= 0.3 is 5.97 Å². The van der Waals surface area contributed by atoms with Crippen LogP contribution < -0.4 is 0 Å². The number of carbonyl (C=O) groups excluding carboxylic acids is 2. The summed E-state index contributed by atoms with van der Waals surface area (Å²) < 4.78 is 10.9. The summed E-state index contributed by atoms with van der Waals surface area (Å²) in [5.74, 6) is -1.13. The zero-order chi connectivity index (χ0) is 15.3. The molecule has 1 aliphatic rings. The van der Waals surface area contributed by atoms with Crippen LogP contribution in [0.2, 0.25) is 0 Å². The maximum Gasteiger partial charge on any atom is 0.333 e. The molecule has 1 rings (SSSR count). The topological polar surface area (TPSA) is 72.8 Å². The molecule has 0 spiro atoms. The van der Waals surface area contributed by atoms with E-state index in [0.717, 1.165) is 0 Å². The quantitative estimate of drug-likeness (QED) is 0.593. The van der Waals surface area contributed by atoms with Crippen LogP contribution in [-0.2, 0) is 19.1 Å². The first-order valence-electron chi connectivity index (χ1n) is 6.94.